The zero-order valence-electron chi connectivity index (χ0n) is 14.2. The fourth-order valence-corrected chi connectivity index (χ4v) is 2.58. The van der Waals surface area contributed by atoms with Crippen molar-refractivity contribution in [3.8, 4) is 5.75 Å². The molecule has 0 atom stereocenters. The molecule has 0 aromatic heterocycles. The van der Waals surface area contributed by atoms with E-state index in [2.05, 4.69) is 5.32 Å². The number of hydrogen-bond acceptors (Lipinski definition) is 6. The standard InChI is InChI=1S/C19H13ClN2O6/c20-12-3-5-13(6-4-12)22-18(26)15(17(25)21-19(22)27)9-11-1-7-14(8-2-11)28-10-16(23)24/h1-9H,10H2,(H,23,24)(H,21,25,27)/p-1/b15-9-. The summed E-state index contributed by atoms with van der Waals surface area (Å²) >= 11 is 5.82. The van der Waals surface area contributed by atoms with Crippen LogP contribution in [0.4, 0.5) is 10.5 Å². The Balaban J connectivity index is 1.86. The minimum Gasteiger partial charge on any atom is -0.546 e. The Kier molecular flexibility index (Phi) is 5.42. The van der Waals surface area contributed by atoms with Crippen molar-refractivity contribution < 1.29 is 29.0 Å². The molecule has 0 radical (unpaired) electrons. The molecule has 1 fully saturated rings. The van der Waals surface area contributed by atoms with Crippen LogP contribution in [0, 0.1) is 0 Å². The Morgan fingerprint density at radius 3 is 2.32 bits per heavy atom. The molecule has 1 saturated heterocycles. The van der Waals surface area contributed by atoms with Crippen LogP contribution >= 0.6 is 11.6 Å². The van der Waals surface area contributed by atoms with E-state index >= 15 is 0 Å². The van der Waals surface area contributed by atoms with Crippen LogP contribution in [0.15, 0.2) is 54.1 Å². The molecule has 1 aliphatic heterocycles. The largest absolute Gasteiger partial charge is 0.546 e. The van der Waals surface area contributed by atoms with E-state index in [4.69, 9.17) is 16.3 Å². The number of carbonyl (C=O) groups is 4. The van der Waals surface area contributed by atoms with E-state index in [9.17, 15) is 24.3 Å². The third kappa shape index (κ3) is 4.18. The lowest BCUT2D eigenvalue weighted by Gasteiger charge is -2.26. The lowest BCUT2D eigenvalue weighted by atomic mass is 10.1. The highest BCUT2D eigenvalue weighted by Gasteiger charge is 2.36. The fourth-order valence-electron chi connectivity index (χ4n) is 2.45. The van der Waals surface area contributed by atoms with Gasteiger partial charge in [-0.25, -0.2) is 9.69 Å². The minimum absolute atomic E-state index is 0.238. The van der Waals surface area contributed by atoms with Gasteiger partial charge in [0.05, 0.1) is 11.7 Å². The number of anilines is 1. The molecule has 3 rings (SSSR count). The molecule has 1 heterocycles. The Morgan fingerprint density at radius 2 is 1.71 bits per heavy atom. The van der Waals surface area contributed by atoms with E-state index < -0.39 is 30.4 Å². The monoisotopic (exact) mass is 399 g/mol. The first-order valence-electron chi connectivity index (χ1n) is 7.95. The first-order chi connectivity index (χ1) is 13.3. The average molecular weight is 400 g/mol. The van der Waals surface area contributed by atoms with E-state index in [1.165, 1.54) is 54.6 Å². The molecule has 28 heavy (non-hydrogen) atoms. The Labute approximate surface area is 164 Å². The van der Waals surface area contributed by atoms with E-state index in [1.807, 2.05) is 0 Å². The Bertz CT molecular complexity index is 982. The smallest absolute Gasteiger partial charge is 0.335 e. The van der Waals surface area contributed by atoms with Gasteiger partial charge in [-0.3, -0.25) is 14.9 Å². The number of aliphatic carboxylic acids is 1. The van der Waals surface area contributed by atoms with Gasteiger partial charge in [0.25, 0.3) is 11.8 Å². The van der Waals surface area contributed by atoms with Crippen molar-refractivity contribution in [2.45, 2.75) is 0 Å². The Hall–Kier alpha value is -3.65. The number of halogens is 1. The summed E-state index contributed by atoms with van der Waals surface area (Å²) in [5.74, 6) is -2.68. The van der Waals surface area contributed by atoms with Crippen LogP contribution in [0.25, 0.3) is 6.08 Å². The van der Waals surface area contributed by atoms with Crippen LogP contribution in [-0.2, 0) is 14.4 Å². The maximum absolute atomic E-state index is 12.7. The number of imide groups is 2. The molecule has 9 heteroatoms. The van der Waals surface area contributed by atoms with Gasteiger partial charge in [-0.15, -0.1) is 0 Å². The quantitative estimate of drug-likeness (QED) is 0.595. The molecule has 0 bridgehead atoms. The number of carboxylic acid groups (broad SMARTS) is 1. The summed E-state index contributed by atoms with van der Waals surface area (Å²) in [6.45, 7) is -0.598. The van der Waals surface area contributed by atoms with Crippen molar-refractivity contribution in [2.75, 3.05) is 11.5 Å². The molecule has 0 spiro atoms. The van der Waals surface area contributed by atoms with Gasteiger partial charge in [-0.1, -0.05) is 23.7 Å². The molecule has 1 N–H and O–H groups in total. The number of nitrogens with zero attached hydrogens (tertiary/aromatic N) is 1. The molecule has 0 saturated carbocycles. The summed E-state index contributed by atoms with van der Waals surface area (Å²) in [5.41, 5.74) is 0.499. The number of hydrogen-bond donors (Lipinski definition) is 1. The minimum atomic E-state index is -1.36. The molecule has 1 aliphatic rings. The van der Waals surface area contributed by atoms with Crippen LogP contribution in [0.1, 0.15) is 5.56 Å². The fraction of sp³-hybridized carbons (Fsp3) is 0.0526. The first-order valence-corrected chi connectivity index (χ1v) is 8.32. The lowest BCUT2D eigenvalue weighted by molar-refractivity contribution is -0.307. The number of rotatable bonds is 5. The summed E-state index contributed by atoms with van der Waals surface area (Å²) in [6.07, 6.45) is 1.32. The summed E-state index contributed by atoms with van der Waals surface area (Å²) in [7, 11) is 0. The summed E-state index contributed by atoms with van der Waals surface area (Å²) in [4.78, 5) is 48.2. The number of carboxylic acids is 1. The second kappa shape index (κ2) is 7.93. The van der Waals surface area contributed by atoms with Crippen molar-refractivity contribution in [1.29, 1.82) is 0 Å². The van der Waals surface area contributed by atoms with E-state index in [1.54, 1.807) is 0 Å². The topological polar surface area (TPSA) is 116 Å². The zero-order valence-corrected chi connectivity index (χ0v) is 14.9. The molecule has 2 aromatic carbocycles. The van der Waals surface area contributed by atoms with Gasteiger partial charge in [-0.05, 0) is 48.0 Å². The van der Waals surface area contributed by atoms with Gasteiger partial charge in [0.1, 0.15) is 17.9 Å². The van der Waals surface area contributed by atoms with Crippen molar-refractivity contribution in [3.63, 3.8) is 0 Å². The second-order valence-electron chi connectivity index (χ2n) is 5.66. The predicted octanol–water partition coefficient (Wildman–Crippen LogP) is 1.14. The maximum Gasteiger partial charge on any atom is 0.335 e. The van der Waals surface area contributed by atoms with Gasteiger partial charge in [-0.2, -0.15) is 0 Å². The van der Waals surface area contributed by atoms with Gasteiger partial charge in [0, 0.05) is 5.02 Å². The normalized spacial score (nSPS) is 15.5. The van der Waals surface area contributed by atoms with Gasteiger partial charge in [0.2, 0.25) is 0 Å². The summed E-state index contributed by atoms with van der Waals surface area (Å²) in [6, 6.07) is 11.1. The van der Waals surface area contributed by atoms with Crippen molar-refractivity contribution in [3.05, 3.63) is 64.7 Å². The molecular weight excluding hydrogens is 388 g/mol. The molecule has 4 amide bonds. The highest BCUT2D eigenvalue weighted by molar-refractivity contribution is 6.39. The highest BCUT2D eigenvalue weighted by atomic mass is 35.5. The Morgan fingerprint density at radius 1 is 1.07 bits per heavy atom. The van der Waals surface area contributed by atoms with Crippen molar-refractivity contribution in [1.82, 2.24) is 5.32 Å². The second-order valence-corrected chi connectivity index (χ2v) is 6.10. The van der Waals surface area contributed by atoms with Crippen LogP contribution in [0.5, 0.6) is 5.75 Å². The van der Waals surface area contributed by atoms with Gasteiger partial charge in [0.15, 0.2) is 0 Å². The van der Waals surface area contributed by atoms with E-state index in [-0.39, 0.29) is 17.0 Å². The summed E-state index contributed by atoms with van der Waals surface area (Å²) in [5, 5.41) is 12.9. The van der Waals surface area contributed by atoms with E-state index in [0.29, 0.717) is 10.6 Å². The third-order valence-corrected chi connectivity index (χ3v) is 3.99. The van der Waals surface area contributed by atoms with Crippen molar-refractivity contribution in [2.24, 2.45) is 0 Å². The third-order valence-electron chi connectivity index (χ3n) is 3.73. The van der Waals surface area contributed by atoms with Crippen LogP contribution in [0.3, 0.4) is 0 Å². The van der Waals surface area contributed by atoms with Gasteiger partial charge >= 0.3 is 6.03 Å². The average Bonchev–Trinajstić information content (AvgIpc) is 2.66. The molecular formula is C19H12ClN2O6-. The van der Waals surface area contributed by atoms with Crippen LogP contribution in [-0.4, -0.2) is 30.4 Å². The summed E-state index contributed by atoms with van der Waals surface area (Å²) < 4.78 is 4.96. The lowest BCUT2D eigenvalue weighted by Crippen LogP contribution is -2.54. The SMILES string of the molecule is O=C([O-])COc1ccc(/C=C2/C(=O)NC(=O)N(c3ccc(Cl)cc3)C2=O)cc1. The number of urea groups is 1. The molecule has 0 unspecified atom stereocenters. The number of nitrogens with one attached hydrogen (secondary N) is 1. The molecule has 0 aliphatic carbocycles. The molecule has 142 valence electrons. The first kappa shape index (κ1) is 19.1. The molecule has 8 nitrogen and oxygen atoms in total. The van der Waals surface area contributed by atoms with Crippen LogP contribution < -0.4 is 20.1 Å². The van der Waals surface area contributed by atoms with Crippen molar-refractivity contribution >= 4 is 47.2 Å². The zero-order chi connectivity index (χ0) is 20.3. The number of barbiturate groups is 1. The van der Waals surface area contributed by atoms with Crippen LogP contribution in [0.2, 0.25) is 5.02 Å². The number of amides is 4. The van der Waals surface area contributed by atoms with Gasteiger partial charge < -0.3 is 14.6 Å². The highest BCUT2D eigenvalue weighted by Crippen LogP contribution is 2.24. The maximum atomic E-state index is 12.7. The number of benzene rings is 2. The van der Waals surface area contributed by atoms with E-state index in [0.717, 1.165) is 4.90 Å². The molecule has 2 aromatic rings. The predicted molar refractivity (Wildman–Crippen MR) is 97.4 cm³/mol. The number of carbonyl (C=O) groups excluding carboxylic acids is 4. The number of ether oxygens (including phenoxy) is 1.